The van der Waals surface area contributed by atoms with Crippen molar-refractivity contribution in [3.63, 3.8) is 0 Å². The standard InChI is InChI=1S/C15H20FN3O3S/c1-11(2)15-17-10-14(18-15)23(20,21)19(3)7-8-22-13-6-4-5-12(16)9-13/h4-6,9-11H,7-8H2,1-3H3,(H,17,18). The summed E-state index contributed by atoms with van der Waals surface area (Å²) in [6.07, 6.45) is 1.31. The highest BCUT2D eigenvalue weighted by molar-refractivity contribution is 7.89. The van der Waals surface area contributed by atoms with Crippen LogP contribution in [0.2, 0.25) is 0 Å². The van der Waals surface area contributed by atoms with Gasteiger partial charge in [0.25, 0.3) is 10.0 Å². The van der Waals surface area contributed by atoms with Crippen LogP contribution >= 0.6 is 0 Å². The summed E-state index contributed by atoms with van der Waals surface area (Å²) in [4.78, 5) is 6.89. The molecule has 0 aliphatic heterocycles. The van der Waals surface area contributed by atoms with Gasteiger partial charge in [-0.25, -0.2) is 17.8 Å². The molecule has 1 aromatic carbocycles. The highest BCUT2D eigenvalue weighted by atomic mass is 32.2. The number of halogens is 1. The summed E-state index contributed by atoms with van der Waals surface area (Å²) in [5, 5.41) is 0.0504. The Labute approximate surface area is 135 Å². The minimum absolute atomic E-state index is 0.0504. The molecule has 0 saturated carbocycles. The third kappa shape index (κ3) is 4.29. The zero-order valence-electron chi connectivity index (χ0n) is 13.3. The first-order valence-corrected chi connectivity index (χ1v) is 8.64. The van der Waals surface area contributed by atoms with Crippen molar-refractivity contribution in [2.24, 2.45) is 0 Å². The van der Waals surface area contributed by atoms with Crippen LogP contribution in [0, 0.1) is 5.82 Å². The number of sulfonamides is 1. The molecule has 8 heteroatoms. The predicted molar refractivity (Wildman–Crippen MR) is 84.4 cm³/mol. The SMILES string of the molecule is CC(C)c1ncc(S(=O)(=O)N(C)CCOc2cccc(F)c2)[nH]1. The van der Waals surface area contributed by atoms with Crippen LogP contribution in [0.15, 0.2) is 35.5 Å². The number of likely N-dealkylation sites (N-methyl/N-ethyl adjacent to an activating group) is 1. The van der Waals surface area contributed by atoms with E-state index >= 15 is 0 Å². The molecule has 2 aromatic rings. The number of imidazole rings is 1. The molecule has 126 valence electrons. The van der Waals surface area contributed by atoms with Crippen molar-refractivity contribution in [2.75, 3.05) is 20.2 Å². The van der Waals surface area contributed by atoms with Gasteiger partial charge in [0.1, 0.15) is 24.0 Å². The Morgan fingerprint density at radius 2 is 2.13 bits per heavy atom. The molecule has 0 saturated heterocycles. The van der Waals surface area contributed by atoms with Crippen molar-refractivity contribution in [1.82, 2.24) is 14.3 Å². The number of aromatic nitrogens is 2. The van der Waals surface area contributed by atoms with Crippen LogP contribution in [0.5, 0.6) is 5.75 Å². The highest BCUT2D eigenvalue weighted by Crippen LogP contribution is 2.16. The van der Waals surface area contributed by atoms with E-state index in [0.29, 0.717) is 11.6 Å². The second-order valence-electron chi connectivity index (χ2n) is 5.42. The molecular weight excluding hydrogens is 321 g/mol. The van der Waals surface area contributed by atoms with E-state index in [1.165, 1.54) is 35.7 Å². The second kappa shape index (κ2) is 7.10. The Morgan fingerprint density at radius 1 is 1.39 bits per heavy atom. The monoisotopic (exact) mass is 341 g/mol. The summed E-state index contributed by atoms with van der Waals surface area (Å²) in [6.45, 7) is 4.09. The van der Waals surface area contributed by atoms with Crippen LogP contribution < -0.4 is 4.74 Å². The molecule has 6 nitrogen and oxygen atoms in total. The summed E-state index contributed by atoms with van der Waals surface area (Å²) < 4.78 is 44.4. The minimum Gasteiger partial charge on any atom is -0.492 e. The topological polar surface area (TPSA) is 75.3 Å². The van der Waals surface area contributed by atoms with Crippen LogP contribution in [0.4, 0.5) is 4.39 Å². The Hall–Kier alpha value is -1.93. The molecule has 0 aliphatic carbocycles. The molecule has 0 bridgehead atoms. The van der Waals surface area contributed by atoms with Gasteiger partial charge in [-0.05, 0) is 12.1 Å². The number of nitrogens with one attached hydrogen (secondary N) is 1. The maximum Gasteiger partial charge on any atom is 0.259 e. The summed E-state index contributed by atoms with van der Waals surface area (Å²) in [5.41, 5.74) is 0. The van der Waals surface area contributed by atoms with Crippen molar-refractivity contribution in [1.29, 1.82) is 0 Å². The van der Waals surface area contributed by atoms with Gasteiger partial charge in [-0.3, -0.25) is 0 Å². The van der Waals surface area contributed by atoms with E-state index in [2.05, 4.69) is 9.97 Å². The van der Waals surface area contributed by atoms with Gasteiger partial charge in [0.15, 0.2) is 5.03 Å². The molecule has 2 rings (SSSR count). The average Bonchev–Trinajstić information content (AvgIpc) is 2.98. The van der Waals surface area contributed by atoms with E-state index in [-0.39, 0.29) is 24.1 Å². The van der Waals surface area contributed by atoms with Gasteiger partial charge in [-0.2, -0.15) is 4.31 Å². The molecule has 0 radical (unpaired) electrons. The summed E-state index contributed by atoms with van der Waals surface area (Å²) in [5.74, 6) is 0.690. The van der Waals surface area contributed by atoms with E-state index in [4.69, 9.17) is 4.74 Å². The van der Waals surface area contributed by atoms with Gasteiger partial charge in [-0.1, -0.05) is 19.9 Å². The molecule has 0 spiro atoms. The summed E-state index contributed by atoms with van der Waals surface area (Å²) >= 11 is 0. The Bertz CT molecular complexity index is 759. The van der Waals surface area contributed by atoms with Crippen molar-refractivity contribution < 1.29 is 17.5 Å². The van der Waals surface area contributed by atoms with Crippen LogP contribution in [-0.2, 0) is 10.0 Å². The fourth-order valence-corrected chi connectivity index (χ4v) is 2.95. The number of H-pyrrole nitrogens is 1. The first kappa shape index (κ1) is 17.4. The third-order valence-electron chi connectivity index (χ3n) is 3.28. The predicted octanol–water partition coefficient (Wildman–Crippen LogP) is 2.37. The first-order chi connectivity index (χ1) is 10.8. The van der Waals surface area contributed by atoms with E-state index < -0.39 is 15.8 Å². The van der Waals surface area contributed by atoms with Crippen molar-refractivity contribution in [3.05, 3.63) is 42.1 Å². The van der Waals surface area contributed by atoms with E-state index in [1.807, 2.05) is 13.8 Å². The molecular formula is C15H20FN3O3S. The van der Waals surface area contributed by atoms with Crippen LogP contribution in [-0.4, -0.2) is 42.9 Å². The van der Waals surface area contributed by atoms with Gasteiger partial charge in [0.05, 0.1) is 6.20 Å². The quantitative estimate of drug-likeness (QED) is 0.839. The zero-order valence-corrected chi connectivity index (χ0v) is 14.1. The lowest BCUT2D eigenvalue weighted by Crippen LogP contribution is -2.31. The maximum absolute atomic E-state index is 13.0. The lowest BCUT2D eigenvalue weighted by Gasteiger charge is -2.16. The van der Waals surface area contributed by atoms with Crippen molar-refractivity contribution >= 4 is 10.0 Å². The molecule has 0 aliphatic rings. The van der Waals surface area contributed by atoms with E-state index in [1.54, 1.807) is 6.07 Å². The number of rotatable bonds is 7. The number of benzene rings is 1. The molecule has 23 heavy (non-hydrogen) atoms. The second-order valence-corrected chi connectivity index (χ2v) is 7.43. The fraction of sp³-hybridized carbons (Fsp3) is 0.400. The maximum atomic E-state index is 13.0. The van der Waals surface area contributed by atoms with Gasteiger partial charge in [0.2, 0.25) is 0 Å². The number of hydrogen-bond acceptors (Lipinski definition) is 4. The Morgan fingerprint density at radius 3 is 2.74 bits per heavy atom. The largest absolute Gasteiger partial charge is 0.492 e. The lowest BCUT2D eigenvalue weighted by molar-refractivity contribution is 0.285. The lowest BCUT2D eigenvalue weighted by atomic mass is 10.2. The zero-order chi connectivity index (χ0) is 17.0. The van der Waals surface area contributed by atoms with Crippen molar-refractivity contribution in [3.8, 4) is 5.75 Å². The normalized spacial score (nSPS) is 12.1. The van der Waals surface area contributed by atoms with Crippen molar-refractivity contribution in [2.45, 2.75) is 24.8 Å². The molecule has 1 aromatic heterocycles. The number of aromatic amines is 1. The van der Waals surface area contributed by atoms with E-state index in [0.717, 1.165) is 0 Å². The number of ether oxygens (including phenoxy) is 1. The molecule has 1 N–H and O–H groups in total. The summed E-state index contributed by atoms with van der Waals surface area (Å²) in [6, 6.07) is 5.71. The average molecular weight is 341 g/mol. The number of hydrogen-bond donors (Lipinski definition) is 1. The smallest absolute Gasteiger partial charge is 0.259 e. The van der Waals surface area contributed by atoms with Crippen LogP contribution in [0.3, 0.4) is 0 Å². The molecule has 0 amide bonds. The van der Waals surface area contributed by atoms with Gasteiger partial charge in [0, 0.05) is 25.6 Å². The van der Waals surface area contributed by atoms with Gasteiger partial charge < -0.3 is 9.72 Å². The highest BCUT2D eigenvalue weighted by Gasteiger charge is 2.23. The van der Waals surface area contributed by atoms with Gasteiger partial charge >= 0.3 is 0 Å². The van der Waals surface area contributed by atoms with Gasteiger partial charge in [-0.15, -0.1) is 0 Å². The van der Waals surface area contributed by atoms with E-state index in [9.17, 15) is 12.8 Å². The third-order valence-corrected chi connectivity index (χ3v) is 5.04. The fourth-order valence-electron chi connectivity index (χ4n) is 1.88. The molecule has 0 atom stereocenters. The summed E-state index contributed by atoms with van der Waals surface area (Å²) in [7, 11) is -2.19. The Balaban J connectivity index is 1.97. The molecule has 0 unspecified atom stereocenters. The first-order valence-electron chi connectivity index (χ1n) is 7.20. The molecule has 0 fully saturated rings. The molecule has 1 heterocycles. The number of nitrogens with zero attached hydrogens (tertiary/aromatic N) is 2. The Kier molecular flexibility index (Phi) is 5.38. The van der Waals surface area contributed by atoms with Crippen LogP contribution in [0.25, 0.3) is 0 Å². The van der Waals surface area contributed by atoms with Crippen LogP contribution in [0.1, 0.15) is 25.6 Å². The minimum atomic E-state index is -3.65.